The summed E-state index contributed by atoms with van der Waals surface area (Å²) >= 11 is 1.83. The Kier molecular flexibility index (Phi) is 6.83. The number of benzene rings is 6. The van der Waals surface area contributed by atoms with Crippen molar-refractivity contribution in [1.82, 2.24) is 15.0 Å². The lowest BCUT2D eigenvalue weighted by molar-refractivity contribution is 0.601. The lowest BCUT2D eigenvalue weighted by Crippen LogP contribution is -2.20. The van der Waals surface area contributed by atoms with Gasteiger partial charge in [-0.15, -0.1) is 11.3 Å². The number of aromatic nitrogens is 3. The van der Waals surface area contributed by atoms with E-state index in [0.29, 0.717) is 17.5 Å². The van der Waals surface area contributed by atoms with E-state index in [-0.39, 0.29) is 5.41 Å². The molecule has 3 heterocycles. The first-order valence-corrected chi connectivity index (χ1v) is 18.1. The van der Waals surface area contributed by atoms with Crippen molar-refractivity contribution in [2.75, 3.05) is 0 Å². The van der Waals surface area contributed by atoms with Crippen molar-refractivity contribution in [1.29, 1.82) is 0 Å². The second-order valence-corrected chi connectivity index (χ2v) is 14.5. The first kappa shape index (κ1) is 29.7. The molecule has 4 nitrogen and oxygen atoms in total. The van der Waals surface area contributed by atoms with E-state index in [9.17, 15) is 0 Å². The molecule has 5 heteroatoms. The molecule has 242 valence electrons. The minimum absolute atomic E-state index is 0.1000. The fourth-order valence-corrected chi connectivity index (χ4v) is 8.68. The number of furan rings is 1. The zero-order valence-electron chi connectivity index (χ0n) is 27.9. The zero-order chi connectivity index (χ0) is 33.9. The summed E-state index contributed by atoms with van der Waals surface area (Å²) in [5.74, 6) is 1.91. The highest BCUT2D eigenvalue weighted by Crippen LogP contribution is 2.46. The molecule has 0 saturated heterocycles. The normalized spacial score (nSPS) is 16.0. The molecule has 0 radical (unpaired) electrons. The van der Waals surface area contributed by atoms with Crippen molar-refractivity contribution in [3.05, 3.63) is 169 Å². The summed E-state index contributed by atoms with van der Waals surface area (Å²) in [4.78, 5) is 15.4. The highest BCUT2D eigenvalue weighted by Gasteiger charge is 2.27. The molecule has 1 unspecified atom stereocenters. The quantitative estimate of drug-likeness (QED) is 0.182. The monoisotopic (exact) mass is 673 g/mol. The van der Waals surface area contributed by atoms with Crippen LogP contribution in [0.4, 0.5) is 0 Å². The van der Waals surface area contributed by atoms with Crippen molar-refractivity contribution in [2.45, 2.75) is 18.8 Å². The van der Waals surface area contributed by atoms with Gasteiger partial charge in [-0.1, -0.05) is 140 Å². The van der Waals surface area contributed by atoms with Crippen molar-refractivity contribution in [2.24, 2.45) is 0 Å². The number of fused-ring (bicyclic) bond motifs is 6. The maximum absolute atomic E-state index is 6.59. The van der Waals surface area contributed by atoms with Gasteiger partial charge in [0, 0.05) is 53.1 Å². The highest BCUT2D eigenvalue weighted by atomic mass is 32.1. The Morgan fingerprint density at radius 1 is 0.549 bits per heavy atom. The van der Waals surface area contributed by atoms with Crippen LogP contribution in [-0.2, 0) is 5.41 Å². The number of hydrogen-bond acceptors (Lipinski definition) is 5. The highest BCUT2D eigenvalue weighted by molar-refractivity contribution is 7.25. The summed E-state index contributed by atoms with van der Waals surface area (Å²) in [7, 11) is 0. The van der Waals surface area contributed by atoms with E-state index in [0.717, 1.165) is 50.6 Å². The number of hydrogen-bond donors (Lipinski definition) is 0. The molecule has 1 aliphatic carbocycles. The van der Waals surface area contributed by atoms with Crippen molar-refractivity contribution < 1.29 is 4.42 Å². The summed E-state index contributed by atoms with van der Waals surface area (Å²) in [5.41, 5.74) is 7.99. The Bertz CT molecular complexity index is 2850. The number of nitrogens with zero attached hydrogens (tertiary/aromatic N) is 3. The van der Waals surface area contributed by atoms with Crippen LogP contribution in [0.5, 0.6) is 0 Å². The van der Waals surface area contributed by atoms with Crippen LogP contribution in [0, 0.1) is 0 Å². The number of rotatable bonds is 5. The molecule has 6 aromatic carbocycles. The molecule has 10 rings (SSSR count). The molecule has 3 aromatic heterocycles. The Balaban J connectivity index is 1.19. The van der Waals surface area contributed by atoms with E-state index < -0.39 is 0 Å². The van der Waals surface area contributed by atoms with Gasteiger partial charge in [-0.05, 0) is 47.4 Å². The zero-order valence-corrected chi connectivity index (χ0v) is 28.7. The van der Waals surface area contributed by atoms with Gasteiger partial charge in [0.2, 0.25) is 0 Å². The predicted molar refractivity (Wildman–Crippen MR) is 212 cm³/mol. The second-order valence-electron chi connectivity index (χ2n) is 13.4. The standard InChI is InChI=1S/C46H31N3OS/c1-46(31-15-6-3-7-16-31)27-25-30(26-28-46)44-47-43(29-13-4-2-5-14-29)48-45(49-44)35-20-11-22-37-42(35)41-33(18-10-21-36(41)50-37)32-19-12-24-39-40(32)34-17-8-9-23-38(34)51-39/h2-27H,28H2,1H3. The van der Waals surface area contributed by atoms with E-state index in [4.69, 9.17) is 19.4 Å². The number of thiophene rings is 1. The van der Waals surface area contributed by atoms with E-state index in [1.807, 2.05) is 41.7 Å². The number of allylic oxidation sites excluding steroid dienone is 4. The third-order valence-corrected chi connectivity index (χ3v) is 11.3. The molecule has 0 amide bonds. The summed E-state index contributed by atoms with van der Waals surface area (Å²) < 4.78 is 9.15. The van der Waals surface area contributed by atoms with Gasteiger partial charge in [-0.3, -0.25) is 0 Å². The Morgan fingerprint density at radius 3 is 1.92 bits per heavy atom. The van der Waals surface area contributed by atoms with Crippen molar-refractivity contribution in [3.8, 4) is 33.9 Å². The maximum atomic E-state index is 6.59. The van der Waals surface area contributed by atoms with Crippen LogP contribution in [0.2, 0.25) is 0 Å². The topological polar surface area (TPSA) is 51.8 Å². The SMILES string of the molecule is CC1(c2ccccc2)C=CC(c2nc(-c3ccccc3)nc(-c3cccc4oc5cccc(-c6cccc7sc8ccccc8c67)c5c34)n2)=CC1. The molecule has 1 atom stereocenters. The van der Waals surface area contributed by atoms with Crippen molar-refractivity contribution in [3.63, 3.8) is 0 Å². The molecule has 0 spiro atoms. The minimum atomic E-state index is -0.1000. The Labute approximate surface area is 299 Å². The fourth-order valence-electron chi connectivity index (χ4n) is 7.55. The summed E-state index contributed by atoms with van der Waals surface area (Å²) in [6.07, 6.45) is 7.56. The molecular formula is C46H31N3OS. The van der Waals surface area contributed by atoms with Crippen LogP contribution in [0.25, 0.3) is 81.6 Å². The first-order valence-electron chi connectivity index (χ1n) is 17.3. The van der Waals surface area contributed by atoms with Gasteiger partial charge in [-0.2, -0.15) is 0 Å². The second kappa shape index (κ2) is 11.7. The van der Waals surface area contributed by atoms with Gasteiger partial charge in [0.15, 0.2) is 17.5 Å². The van der Waals surface area contributed by atoms with E-state index in [1.165, 1.54) is 31.3 Å². The lowest BCUT2D eigenvalue weighted by Gasteiger charge is -2.28. The van der Waals surface area contributed by atoms with Crippen LogP contribution in [-0.4, -0.2) is 15.0 Å². The average molecular weight is 674 g/mol. The third kappa shape index (κ3) is 4.92. The third-order valence-electron chi connectivity index (χ3n) is 10.2. The molecule has 1 aliphatic rings. The fraction of sp³-hybridized carbons (Fsp3) is 0.0652. The first-order chi connectivity index (χ1) is 25.1. The van der Waals surface area contributed by atoms with Crippen LogP contribution in [0.15, 0.2) is 162 Å². The van der Waals surface area contributed by atoms with Gasteiger partial charge in [0.1, 0.15) is 11.2 Å². The minimum Gasteiger partial charge on any atom is -0.456 e. The van der Waals surface area contributed by atoms with E-state index in [2.05, 4.69) is 134 Å². The Morgan fingerprint density at radius 2 is 1.16 bits per heavy atom. The van der Waals surface area contributed by atoms with E-state index in [1.54, 1.807) is 0 Å². The van der Waals surface area contributed by atoms with Gasteiger partial charge in [0.25, 0.3) is 0 Å². The van der Waals surface area contributed by atoms with Gasteiger partial charge >= 0.3 is 0 Å². The largest absolute Gasteiger partial charge is 0.456 e. The van der Waals surface area contributed by atoms with E-state index >= 15 is 0 Å². The summed E-state index contributed by atoms with van der Waals surface area (Å²) in [5, 5.41) is 4.60. The van der Waals surface area contributed by atoms with Crippen LogP contribution in [0.3, 0.4) is 0 Å². The predicted octanol–water partition coefficient (Wildman–Crippen LogP) is 12.4. The molecular weight excluding hydrogens is 643 g/mol. The molecule has 0 fully saturated rings. The van der Waals surface area contributed by atoms with Gasteiger partial charge in [0.05, 0.1) is 0 Å². The molecule has 0 bridgehead atoms. The molecule has 0 saturated carbocycles. The maximum Gasteiger partial charge on any atom is 0.164 e. The van der Waals surface area contributed by atoms with Crippen LogP contribution in [0.1, 0.15) is 24.7 Å². The van der Waals surface area contributed by atoms with Crippen LogP contribution >= 0.6 is 11.3 Å². The lowest BCUT2D eigenvalue weighted by atomic mass is 9.76. The molecule has 0 aliphatic heterocycles. The summed E-state index contributed by atoms with van der Waals surface area (Å²) in [6, 6.07) is 48.7. The smallest absolute Gasteiger partial charge is 0.164 e. The van der Waals surface area contributed by atoms with Crippen molar-refractivity contribution >= 4 is 59.0 Å². The van der Waals surface area contributed by atoms with Gasteiger partial charge in [-0.25, -0.2) is 15.0 Å². The molecule has 9 aromatic rings. The molecule has 0 N–H and O–H groups in total. The molecule has 51 heavy (non-hydrogen) atoms. The summed E-state index contributed by atoms with van der Waals surface area (Å²) in [6.45, 7) is 2.28. The van der Waals surface area contributed by atoms with Crippen LogP contribution < -0.4 is 0 Å². The average Bonchev–Trinajstić information content (AvgIpc) is 3.78. The Hall–Kier alpha value is -6.17. The van der Waals surface area contributed by atoms with Gasteiger partial charge < -0.3 is 4.42 Å².